The van der Waals surface area contributed by atoms with Crippen LogP contribution in [0.3, 0.4) is 0 Å². The van der Waals surface area contributed by atoms with Crippen molar-refractivity contribution < 1.29 is 0 Å². The molecule has 2 aromatic carbocycles. The maximum absolute atomic E-state index is 6.12. The molecule has 0 bridgehead atoms. The van der Waals surface area contributed by atoms with E-state index in [4.69, 9.17) is 17.3 Å². The topological polar surface area (TPSA) is 67.6 Å². The van der Waals surface area contributed by atoms with Gasteiger partial charge in [-0.05, 0) is 22.4 Å². The number of nitrogen functional groups attached to an aromatic ring is 1. The maximum Gasteiger partial charge on any atom is 0.223 e. The smallest absolute Gasteiger partial charge is 0.223 e. The average Bonchev–Trinajstić information content (AvgIpc) is 2.90. The van der Waals surface area contributed by atoms with E-state index < -0.39 is 0 Å². The van der Waals surface area contributed by atoms with Crippen LogP contribution < -0.4 is 5.73 Å². The zero-order chi connectivity index (χ0) is 15.1. The molecule has 0 aliphatic heterocycles. The number of aromatic amines is 1. The summed E-state index contributed by atoms with van der Waals surface area (Å²) in [5, 5.41) is 3.66. The third-order valence-corrected chi connectivity index (χ3v) is 4.06. The zero-order valence-corrected chi connectivity index (χ0v) is 12.4. The van der Waals surface area contributed by atoms with E-state index in [1.807, 2.05) is 12.1 Å². The lowest BCUT2D eigenvalue weighted by Crippen LogP contribution is -1.94. The number of hydrogen-bond acceptors (Lipinski definition) is 3. The Balaban J connectivity index is 1.81. The summed E-state index contributed by atoms with van der Waals surface area (Å²) in [4.78, 5) is 11.4. The molecular weight excluding hydrogens is 296 g/mol. The molecule has 0 spiro atoms. The number of H-pyrrole nitrogens is 1. The van der Waals surface area contributed by atoms with Gasteiger partial charge in [-0.15, -0.1) is 0 Å². The van der Waals surface area contributed by atoms with Gasteiger partial charge in [0.2, 0.25) is 5.95 Å². The molecule has 22 heavy (non-hydrogen) atoms. The van der Waals surface area contributed by atoms with E-state index in [0.29, 0.717) is 10.8 Å². The number of fused-ring (bicyclic) bond motifs is 2. The fourth-order valence-electron chi connectivity index (χ4n) is 2.79. The second-order valence-electron chi connectivity index (χ2n) is 5.24. The number of aromatic nitrogens is 3. The molecule has 2 aromatic heterocycles. The Kier molecular flexibility index (Phi) is 2.98. The summed E-state index contributed by atoms with van der Waals surface area (Å²) in [7, 11) is 0. The number of hydrogen-bond donors (Lipinski definition) is 2. The number of rotatable bonds is 2. The molecule has 0 radical (unpaired) electrons. The molecule has 0 saturated heterocycles. The van der Waals surface area contributed by atoms with Gasteiger partial charge in [0.15, 0.2) is 0 Å². The summed E-state index contributed by atoms with van der Waals surface area (Å²) in [6.07, 6.45) is 0.772. The highest BCUT2D eigenvalue weighted by Crippen LogP contribution is 2.25. The van der Waals surface area contributed by atoms with Gasteiger partial charge in [-0.25, -0.2) is 4.98 Å². The summed E-state index contributed by atoms with van der Waals surface area (Å²) < 4.78 is 0. The Morgan fingerprint density at radius 1 is 1.00 bits per heavy atom. The highest BCUT2D eigenvalue weighted by molar-refractivity contribution is 6.34. The molecule has 0 aliphatic carbocycles. The minimum absolute atomic E-state index is 0.177. The number of benzene rings is 2. The van der Waals surface area contributed by atoms with Gasteiger partial charge >= 0.3 is 0 Å². The lowest BCUT2D eigenvalue weighted by molar-refractivity contribution is 1.12. The molecule has 0 saturated carbocycles. The first-order valence-corrected chi connectivity index (χ1v) is 7.36. The molecule has 0 atom stereocenters. The van der Waals surface area contributed by atoms with Crippen molar-refractivity contribution in [2.75, 3.05) is 5.73 Å². The molecule has 0 aliphatic rings. The molecule has 4 aromatic rings. The fourth-order valence-corrected chi connectivity index (χ4v) is 3.02. The van der Waals surface area contributed by atoms with Crippen LogP contribution in [-0.4, -0.2) is 15.0 Å². The van der Waals surface area contributed by atoms with E-state index in [9.17, 15) is 0 Å². The van der Waals surface area contributed by atoms with Gasteiger partial charge in [0.1, 0.15) is 10.8 Å². The molecule has 108 valence electrons. The van der Waals surface area contributed by atoms with Gasteiger partial charge in [-0.1, -0.05) is 54.1 Å². The number of nitrogens with two attached hydrogens (primary N) is 1. The van der Waals surface area contributed by atoms with E-state index in [0.717, 1.165) is 17.5 Å². The maximum atomic E-state index is 6.12. The second kappa shape index (κ2) is 5.00. The number of anilines is 1. The second-order valence-corrected chi connectivity index (χ2v) is 5.60. The van der Waals surface area contributed by atoms with Gasteiger partial charge in [0.05, 0.1) is 5.39 Å². The van der Waals surface area contributed by atoms with Crippen LogP contribution in [0.15, 0.2) is 48.5 Å². The molecule has 5 heteroatoms. The van der Waals surface area contributed by atoms with Crippen LogP contribution >= 0.6 is 11.6 Å². The monoisotopic (exact) mass is 308 g/mol. The molecular formula is C17H13ClN4. The largest absolute Gasteiger partial charge is 0.368 e. The molecule has 2 heterocycles. The van der Waals surface area contributed by atoms with Gasteiger partial charge in [-0.2, -0.15) is 4.98 Å². The van der Waals surface area contributed by atoms with Crippen molar-refractivity contribution in [3.8, 4) is 0 Å². The van der Waals surface area contributed by atoms with Crippen molar-refractivity contribution >= 4 is 39.4 Å². The third-order valence-electron chi connectivity index (χ3n) is 3.77. The quantitative estimate of drug-likeness (QED) is 0.551. The molecule has 4 rings (SSSR count). The highest BCUT2D eigenvalue weighted by Gasteiger charge is 2.10. The van der Waals surface area contributed by atoms with Crippen LogP contribution in [0.5, 0.6) is 0 Å². The van der Waals surface area contributed by atoms with Crippen LogP contribution in [0.2, 0.25) is 5.15 Å². The zero-order valence-electron chi connectivity index (χ0n) is 11.7. The Bertz CT molecular complexity index is 985. The molecule has 0 unspecified atom stereocenters. The lowest BCUT2D eigenvalue weighted by atomic mass is 10.0. The van der Waals surface area contributed by atoms with Gasteiger partial charge in [0.25, 0.3) is 0 Å². The molecule has 3 N–H and O–H groups in total. The van der Waals surface area contributed by atoms with E-state index in [1.54, 1.807) is 0 Å². The molecule has 4 nitrogen and oxygen atoms in total. The van der Waals surface area contributed by atoms with Crippen molar-refractivity contribution in [1.29, 1.82) is 0 Å². The first-order valence-electron chi connectivity index (χ1n) is 6.98. The van der Waals surface area contributed by atoms with Gasteiger partial charge in [-0.3, -0.25) is 0 Å². The van der Waals surface area contributed by atoms with Crippen molar-refractivity contribution in [3.63, 3.8) is 0 Å². The summed E-state index contributed by atoms with van der Waals surface area (Å²) >= 11 is 6.12. The summed E-state index contributed by atoms with van der Waals surface area (Å²) in [5.74, 6) is 0.177. The van der Waals surface area contributed by atoms with Gasteiger partial charge < -0.3 is 10.7 Å². The Labute approximate surface area is 132 Å². The number of nitrogens with zero attached hydrogens (tertiary/aromatic N) is 2. The first-order chi connectivity index (χ1) is 10.7. The summed E-state index contributed by atoms with van der Waals surface area (Å²) in [6, 6.07) is 16.7. The number of halogens is 1. The van der Waals surface area contributed by atoms with Crippen LogP contribution in [0.4, 0.5) is 5.95 Å². The van der Waals surface area contributed by atoms with E-state index in [-0.39, 0.29) is 5.95 Å². The normalized spacial score (nSPS) is 11.3. The van der Waals surface area contributed by atoms with Crippen LogP contribution in [-0.2, 0) is 6.42 Å². The summed E-state index contributed by atoms with van der Waals surface area (Å²) in [5.41, 5.74) is 8.60. The standard InChI is InChI=1S/C17H13ClN4/c18-15-14-9-12(20-16(14)22-17(19)21-15)8-11-6-3-5-10-4-1-2-7-13(10)11/h1-7,9H,8H2,(H3,19,20,21,22). The minimum atomic E-state index is 0.177. The fraction of sp³-hybridized carbons (Fsp3) is 0.0588. The molecule has 0 fully saturated rings. The van der Waals surface area contributed by atoms with Crippen molar-refractivity contribution in [3.05, 3.63) is 64.9 Å². The SMILES string of the molecule is Nc1nc(Cl)c2cc(Cc3cccc4ccccc34)[nH]c2n1. The molecule has 0 amide bonds. The third kappa shape index (κ3) is 2.18. The van der Waals surface area contributed by atoms with E-state index in [1.165, 1.54) is 16.3 Å². The lowest BCUT2D eigenvalue weighted by Gasteiger charge is -2.05. The van der Waals surface area contributed by atoms with Crippen LogP contribution in [0.1, 0.15) is 11.3 Å². The van der Waals surface area contributed by atoms with Crippen molar-refractivity contribution in [2.24, 2.45) is 0 Å². The van der Waals surface area contributed by atoms with Crippen LogP contribution in [0, 0.1) is 0 Å². The van der Waals surface area contributed by atoms with Crippen molar-refractivity contribution in [2.45, 2.75) is 6.42 Å². The predicted octanol–water partition coefficient (Wildman–Crippen LogP) is 3.94. The number of nitrogens with one attached hydrogen (secondary N) is 1. The van der Waals surface area contributed by atoms with E-state index >= 15 is 0 Å². The average molecular weight is 309 g/mol. The minimum Gasteiger partial charge on any atom is -0.368 e. The first kappa shape index (κ1) is 13.1. The van der Waals surface area contributed by atoms with Crippen molar-refractivity contribution in [1.82, 2.24) is 15.0 Å². The van der Waals surface area contributed by atoms with Crippen LogP contribution in [0.25, 0.3) is 21.8 Å². The predicted molar refractivity (Wildman–Crippen MR) is 90.1 cm³/mol. The van der Waals surface area contributed by atoms with Gasteiger partial charge in [0, 0.05) is 12.1 Å². The Morgan fingerprint density at radius 2 is 1.82 bits per heavy atom. The summed E-state index contributed by atoms with van der Waals surface area (Å²) in [6.45, 7) is 0. The Hall–Kier alpha value is -2.59. The highest BCUT2D eigenvalue weighted by atomic mass is 35.5. The van der Waals surface area contributed by atoms with E-state index in [2.05, 4.69) is 51.4 Å². The Morgan fingerprint density at radius 3 is 2.73 bits per heavy atom.